The van der Waals surface area contributed by atoms with E-state index >= 15 is 0 Å². The zero-order valence-electron chi connectivity index (χ0n) is 20.0. The molecular formula is C26H35BrN2OSi. The lowest BCUT2D eigenvalue weighted by Gasteiger charge is -2.38. The molecule has 0 aliphatic heterocycles. The molecule has 0 saturated carbocycles. The van der Waals surface area contributed by atoms with Gasteiger partial charge in [0.25, 0.3) is 5.91 Å². The summed E-state index contributed by atoms with van der Waals surface area (Å²) in [6, 6.07) is 11.5. The average molecular weight is 500 g/mol. The van der Waals surface area contributed by atoms with Gasteiger partial charge in [-0.15, -0.1) is 5.54 Å². The lowest BCUT2D eigenvalue weighted by Crippen LogP contribution is -2.43. The smallest absolute Gasteiger partial charge is 0.254 e. The molecular weight excluding hydrogens is 464 g/mol. The van der Waals surface area contributed by atoms with E-state index in [1.54, 1.807) is 6.20 Å². The SMILES string of the molecule is CC(C)[Si](C#Cc1cccc(Br)c1C(=O)NC(C)(C)c1ccccn1)(C(C)C)C(C)C. The van der Waals surface area contributed by atoms with Crippen molar-refractivity contribution in [2.75, 3.05) is 0 Å². The Balaban J connectivity index is 2.50. The van der Waals surface area contributed by atoms with Crippen LogP contribution in [0.4, 0.5) is 0 Å². The molecule has 5 heteroatoms. The van der Waals surface area contributed by atoms with Crippen LogP contribution in [-0.4, -0.2) is 19.0 Å². The van der Waals surface area contributed by atoms with Crippen LogP contribution in [0.1, 0.15) is 77.0 Å². The summed E-state index contributed by atoms with van der Waals surface area (Å²) in [4.78, 5) is 17.8. The molecule has 2 rings (SSSR count). The van der Waals surface area contributed by atoms with Crippen LogP contribution in [0.15, 0.2) is 47.1 Å². The number of aromatic nitrogens is 1. The van der Waals surface area contributed by atoms with Crippen LogP contribution < -0.4 is 5.32 Å². The first-order valence-corrected chi connectivity index (χ1v) is 14.0. The average Bonchev–Trinajstić information content (AvgIpc) is 2.68. The molecule has 2 aromatic rings. The van der Waals surface area contributed by atoms with Crippen molar-refractivity contribution in [1.29, 1.82) is 0 Å². The van der Waals surface area contributed by atoms with E-state index in [2.05, 4.69) is 79.2 Å². The van der Waals surface area contributed by atoms with Crippen LogP contribution in [0.2, 0.25) is 16.6 Å². The van der Waals surface area contributed by atoms with E-state index in [4.69, 9.17) is 0 Å². The number of nitrogens with one attached hydrogen (secondary N) is 1. The van der Waals surface area contributed by atoms with Crippen molar-refractivity contribution < 1.29 is 4.79 Å². The number of amides is 1. The molecule has 0 atom stereocenters. The minimum absolute atomic E-state index is 0.154. The molecule has 0 unspecified atom stereocenters. The molecule has 0 aliphatic rings. The molecule has 0 spiro atoms. The summed E-state index contributed by atoms with van der Waals surface area (Å²) in [5.41, 5.74) is 6.90. The number of carbonyl (C=O) groups excluding carboxylic acids is 1. The van der Waals surface area contributed by atoms with Crippen LogP contribution in [0.25, 0.3) is 0 Å². The van der Waals surface area contributed by atoms with E-state index in [9.17, 15) is 4.79 Å². The highest BCUT2D eigenvalue weighted by Crippen LogP contribution is 2.41. The number of halogens is 1. The van der Waals surface area contributed by atoms with Crippen molar-refractivity contribution in [3.63, 3.8) is 0 Å². The summed E-state index contributed by atoms with van der Waals surface area (Å²) in [7, 11) is -1.90. The second-order valence-electron chi connectivity index (χ2n) is 9.60. The van der Waals surface area contributed by atoms with Crippen LogP contribution >= 0.6 is 15.9 Å². The summed E-state index contributed by atoms with van der Waals surface area (Å²) in [6.07, 6.45) is 1.74. The monoisotopic (exact) mass is 498 g/mol. The second kappa shape index (κ2) is 10.1. The largest absolute Gasteiger partial charge is 0.341 e. The topological polar surface area (TPSA) is 42.0 Å². The summed E-state index contributed by atoms with van der Waals surface area (Å²) in [5.74, 6) is 3.30. The standard InChI is InChI=1S/C26H35BrN2OSi/c1-18(2)31(19(3)4,20(5)6)17-15-21-12-11-13-22(27)24(21)25(30)29-26(7,8)23-14-9-10-16-28-23/h9-14,16,18-20H,1-8H3,(H,29,30). The molecule has 3 nitrogen and oxygen atoms in total. The fourth-order valence-electron chi connectivity index (χ4n) is 4.61. The highest BCUT2D eigenvalue weighted by Gasteiger charge is 2.41. The molecule has 1 aromatic carbocycles. The van der Waals surface area contributed by atoms with Gasteiger partial charge in [-0.1, -0.05) is 59.6 Å². The quantitative estimate of drug-likeness (QED) is 0.341. The molecule has 1 aromatic heterocycles. The van der Waals surface area contributed by atoms with Crippen LogP contribution in [0.3, 0.4) is 0 Å². The summed E-state index contributed by atoms with van der Waals surface area (Å²) in [5, 5.41) is 3.15. The molecule has 166 valence electrons. The van der Waals surface area contributed by atoms with Gasteiger partial charge >= 0.3 is 0 Å². The van der Waals surface area contributed by atoms with Gasteiger partial charge in [0.05, 0.1) is 16.8 Å². The Bertz CT molecular complexity index is 950. The lowest BCUT2D eigenvalue weighted by atomic mass is 9.98. The van der Waals surface area contributed by atoms with E-state index in [0.717, 1.165) is 15.7 Å². The molecule has 0 radical (unpaired) electrons. The van der Waals surface area contributed by atoms with Gasteiger partial charge in [0, 0.05) is 16.2 Å². The fourth-order valence-corrected chi connectivity index (χ4v) is 10.4. The number of hydrogen-bond acceptors (Lipinski definition) is 2. The number of carbonyl (C=O) groups is 1. The Hall–Kier alpha value is -1.90. The normalized spacial score (nSPS) is 12.1. The molecule has 0 fully saturated rings. The molecule has 0 saturated heterocycles. The third kappa shape index (κ3) is 5.48. The molecule has 0 aliphatic carbocycles. The van der Waals surface area contributed by atoms with Gasteiger partial charge < -0.3 is 5.32 Å². The molecule has 1 N–H and O–H groups in total. The van der Waals surface area contributed by atoms with Gasteiger partial charge in [0.15, 0.2) is 0 Å². The predicted octanol–water partition coefficient (Wildman–Crippen LogP) is 7.08. The van der Waals surface area contributed by atoms with Gasteiger partial charge in [-0.3, -0.25) is 9.78 Å². The first-order chi connectivity index (χ1) is 14.4. The summed E-state index contributed by atoms with van der Waals surface area (Å²) < 4.78 is 0.750. The third-order valence-corrected chi connectivity index (χ3v) is 13.2. The Labute approximate surface area is 197 Å². The van der Waals surface area contributed by atoms with Crippen molar-refractivity contribution in [3.05, 3.63) is 63.9 Å². The summed E-state index contributed by atoms with van der Waals surface area (Å²) >= 11 is 3.59. The van der Waals surface area contributed by atoms with Crippen molar-refractivity contribution in [3.8, 4) is 11.5 Å². The van der Waals surface area contributed by atoms with Crippen LogP contribution in [0, 0.1) is 11.5 Å². The molecule has 1 amide bonds. The van der Waals surface area contributed by atoms with Crippen molar-refractivity contribution in [2.24, 2.45) is 0 Å². The minimum Gasteiger partial charge on any atom is -0.341 e. The van der Waals surface area contributed by atoms with Crippen LogP contribution in [-0.2, 0) is 5.54 Å². The predicted molar refractivity (Wildman–Crippen MR) is 137 cm³/mol. The van der Waals surface area contributed by atoms with Gasteiger partial charge in [0.2, 0.25) is 0 Å². The Morgan fingerprint density at radius 3 is 2.13 bits per heavy atom. The zero-order valence-corrected chi connectivity index (χ0v) is 22.6. The Morgan fingerprint density at radius 1 is 1.00 bits per heavy atom. The van der Waals surface area contributed by atoms with Crippen molar-refractivity contribution in [1.82, 2.24) is 10.3 Å². The minimum atomic E-state index is -1.90. The molecule has 0 bridgehead atoms. The van der Waals surface area contributed by atoms with Gasteiger partial charge in [0.1, 0.15) is 8.07 Å². The van der Waals surface area contributed by atoms with Crippen LogP contribution in [0.5, 0.6) is 0 Å². The molecule has 31 heavy (non-hydrogen) atoms. The maximum Gasteiger partial charge on any atom is 0.254 e. The van der Waals surface area contributed by atoms with Crippen molar-refractivity contribution >= 4 is 29.9 Å². The zero-order chi connectivity index (χ0) is 23.4. The third-order valence-electron chi connectivity index (χ3n) is 6.25. The fraction of sp³-hybridized carbons (Fsp3) is 0.462. The Kier molecular flexibility index (Phi) is 8.30. The van der Waals surface area contributed by atoms with Gasteiger partial charge in [-0.05, 0) is 70.7 Å². The van der Waals surface area contributed by atoms with Crippen molar-refractivity contribution in [2.45, 2.75) is 77.6 Å². The highest BCUT2D eigenvalue weighted by atomic mass is 79.9. The van der Waals surface area contributed by atoms with E-state index in [1.807, 2.05) is 50.2 Å². The van der Waals surface area contributed by atoms with E-state index < -0.39 is 13.6 Å². The lowest BCUT2D eigenvalue weighted by molar-refractivity contribution is 0.0909. The second-order valence-corrected chi connectivity index (χ2v) is 16.0. The number of benzene rings is 1. The van der Waals surface area contributed by atoms with E-state index in [1.165, 1.54) is 0 Å². The number of hydrogen-bond donors (Lipinski definition) is 1. The van der Waals surface area contributed by atoms with Gasteiger partial charge in [-0.25, -0.2) is 0 Å². The number of pyridine rings is 1. The Morgan fingerprint density at radius 2 is 1.61 bits per heavy atom. The first-order valence-electron chi connectivity index (χ1n) is 11.0. The number of rotatable bonds is 6. The van der Waals surface area contributed by atoms with E-state index in [0.29, 0.717) is 22.2 Å². The maximum atomic E-state index is 13.4. The maximum absolute atomic E-state index is 13.4. The highest BCUT2D eigenvalue weighted by molar-refractivity contribution is 9.10. The first kappa shape index (κ1) is 25.4. The molecule has 1 heterocycles. The van der Waals surface area contributed by atoms with E-state index in [-0.39, 0.29) is 5.91 Å². The number of nitrogens with zero attached hydrogens (tertiary/aromatic N) is 1. The van der Waals surface area contributed by atoms with Gasteiger partial charge in [-0.2, -0.15) is 0 Å². The summed E-state index contributed by atoms with van der Waals surface area (Å²) in [6.45, 7) is 17.7.